The molecule has 1 amide bonds. The molecule has 2 aromatic rings. The van der Waals surface area contributed by atoms with Gasteiger partial charge in [0.1, 0.15) is 11.4 Å². The zero-order valence-electron chi connectivity index (χ0n) is 11.6. The second kappa shape index (κ2) is 6.65. The molecule has 7 heteroatoms. The van der Waals surface area contributed by atoms with Gasteiger partial charge in [-0.25, -0.2) is 4.98 Å². The van der Waals surface area contributed by atoms with E-state index in [1.54, 1.807) is 31.5 Å². The summed E-state index contributed by atoms with van der Waals surface area (Å²) >= 11 is 0. The van der Waals surface area contributed by atoms with Crippen molar-refractivity contribution < 1.29 is 9.72 Å². The van der Waals surface area contributed by atoms with E-state index in [0.717, 1.165) is 5.82 Å². The molecule has 0 spiro atoms. The maximum absolute atomic E-state index is 12.0. The number of aromatic amines is 1. The first-order valence-corrected chi connectivity index (χ1v) is 6.60. The minimum atomic E-state index is -0.521. The van der Waals surface area contributed by atoms with Crippen LogP contribution in [0, 0.1) is 17.0 Å². The number of aryl methyl sites for hydroxylation is 2. The van der Waals surface area contributed by atoms with Gasteiger partial charge in [0, 0.05) is 30.9 Å². The molecule has 0 aliphatic rings. The number of aromatic nitrogens is 2. The summed E-state index contributed by atoms with van der Waals surface area (Å²) < 4.78 is 0. The average molecular weight is 288 g/mol. The first kappa shape index (κ1) is 14.7. The fraction of sp³-hybridized carbons (Fsp3) is 0.286. The second-order valence-corrected chi connectivity index (χ2v) is 4.62. The van der Waals surface area contributed by atoms with Crippen LogP contribution in [0.3, 0.4) is 0 Å². The van der Waals surface area contributed by atoms with Crippen LogP contribution < -0.4 is 5.32 Å². The van der Waals surface area contributed by atoms with E-state index >= 15 is 0 Å². The highest BCUT2D eigenvalue weighted by Gasteiger charge is 2.21. The van der Waals surface area contributed by atoms with Crippen molar-refractivity contribution in [3.05, 3.63) is 57.7 Å². The Balaban J connectivity index is 1.94. The Bertz CT molecular complexity index is 638. The Labute approximate surface area is 121 Å². The number of carbonyl (C=O) groups is 1. The number of amides is 1. The SMILES string of the molecule is Cc1cccc(C(=O)NCCCc2ncc[nH]2)c1[N+](=O)[O-]. The fourth-order valence-corrected chi connectivity index (χ4v) is 2.07. The van der Waals surface area contributed by atoms with Crippen LogP contribution in [0.15, 0.2) is 30.6 Å². The molecule has 0 bridgehead atoms. The lowest BCUT2D eigenvalue weighted by atomic mass is 10.1. The van der Waals surface area contributed by atoms with E-state index in [4.69, 9.17) is 0 Å². The van der Waals surface area contributed by atoms with Gasteiger partial charge in [0.15, 0.2) is 0 Å². The predicted molar refractivity (Wildman–Crippen MR) is 77.1 cm³/mol. The van der Waals surface area contributed by atoms with Crippen molar-refractivity contribution in [1.82, 2.24) is 15.3 Å². The quantitative estimate of drug-likeness (QED) is 0.482. The molecular weight excluding hydrogens is 272 g/mol. The molecule has 0 unspecified atom stereocenters. The van der Waals surface area contributed by atoms with E-state index in [1.807, 2.05) is 0 Å². The van der Waals surface area contributed by atoms with Crippen molar-refractivity contribution in [2.24, 2.45) is 0 Å². The van der Waals surface area contributed by atoms with Crippen LogP contribution in [0.4, 0.5) is 5.69 Å². The van der Waals surface area contributed by atoms with Gasteiger partial charge in [0.2, 0.25) is 0 Å². The number of H-pyrrole nitrogens is 1. The summed E-state index contributed by atoms with van der Waals surface area (Å²) in [5.41, 5.74) is 0.433. The standard InChI is InChI=1S/C14H16N4O3/c1-10-4-2-5-11(13(10)18(20)21)14(19)17-7-3-6-12-15-8-9-16-12/h2,4-5,8-9H,3,6-7H2,1H3,(H,15,16)(H,17,19). The van der Waals surface area contributed by atoms with Gasteiger partial charge in [-0.1, -0.05) is 12.1 Å². The van der Waals surface area contributed by atoms with Gasteiger partial charge < -0.3 is 10.3 Å². The van der Waals surface area contributed by atoms with Crippen LogP contribution >= 0.6 is 0 Å². The minimum Gasteiger partial charge on any atom is -0.352 e. The molecule has 0 saturated carbocycles. The number of para-hydroxylation sites is 1. The Hall–Kier alpha value is -2.70. The zero-order chi connectivity index (χ0) is 15.2. The van der Waals surface area contributed by atoms with Crippen molar-refractivity contribution in [1.29, 1.82) is 0 Å². The van der Waals surface area contributed by atoms with Crippen LogP contribution in [-0.4, -0.2) is 27.3 Å². The van der Waals surface area contributed by atoms with Gasteiger partial charge in [-0.05, 0) is 19.4 Å². The molecule has 110 valence electrons. The van der Waals surface area contributed by atoms with E-state index < -0.39 is 10.8 Å². The van der Waals surface area contributed by atoms with Crippen LogP contribution in [0.1, 0.15) is 28.2 Å². The molecule has 0 aliphatic carbocycles. The Morgan fingerprint density at radius 1 is 1.48 bits per heavy atom. The predicted octanol–water partition coefficient (Wildman–Crippen LogP) is 1.99. The number of imidazole rings is 1. The van der Waals surface area contributed by atoms with Gasteiger partial charge in [0.05, 0.1) is 4.92 Å². The summed E-state index contributed by atoms with van der Waals surface area (Å²) in [7, 11) is 0. The molecule has 2 N–H and O–H groups in total. The zero-order valence-corrected chi connectivity index (χ0v) is 11.6. The van der Waals surface area contributed by atoms with Crippen molar-refractivity contribution in [2.45, 2.75) is 19.8 Å². The first-order valence-electron chi connectivity index (χ1n) is 6.60. The molecule has 0 saturated heterocycles. The molecule has 0 atom stereocenters. The summed E-state index contributed by atoms with van der Waals surface area (Å²) in [5, 5.41) is 13.7. The lowest BCUT2D eigenvalue weighted by Gasteiger charge is -2.06. The summed E-state index contributed by atoms with van der Waals surface area (Å²) in [6.45, 7) is 2.05. The Morgan fingerprint density at radius 2 is 2.29 bits per heavy atom. The molecule has 1 aromatic carbocycles. The number of rotatable bonds is 6. The number of hydrogen-bond acceptors (Lipinski definition) is 4. The number of benzene rings is 1. The number of carbonyl (C=O) groups excluding carboxylic acids is 1. The largest absolute Gasteiger partial charge is 0.352 e. The summed E-state index contributed by atoms with van der Waals surface area (Å²) in [6.07, 6.45) is 4.83. The highest BCUT2D eigenvalue weighted by atomic mass is 16.6. The van der Waals surface area contributed by atoms with Crippen molar-refractivity contribution in [2.75, 3.05) is 6.54 Å². The molecule has 2 rings (SSSR count). The van der Waals surface area contributed by atoms with Crippen molar-refractivity contribution >= 4 is 11.6 Å². The first-order chi connectivity index (χ1) is 10.1. The number of nitrogens with one attached hydrogen (secondary N) is 2. The lowest BCUT2D eigenvalue weighted by Crippen LogP contribution is -2.25. The molecular formula is C14H16N4O3. The van der Waals surface area contributed by atoms with Crippen LogP contribution in [0.5, 0.6) is 0 Å². The number of nitrogens with zero attached hydrogens (tertiary/aromatic N) is 2. The molecule has 0 radical (unpaired) electrons. The highest BCUT2D eigenvalue weighted by Crippen LogP contribution is 2.22. The second-order valence-electron chi connectivity index (χ2n) is 4.62. The van der Waals surface area contributed by atoms with E-state index in [9.17, 15) is 14.9 Å². The molecule has 1 heterocycles. The lowest BCUT2D eigenvalue weighted by molar-refractivity contribution is -0.385. The number of nitro benzene ring substituents is 1. The fourth-order valence-electron chi connectivity index (χ4n) is 2.07. The Morgan fingerprint density at radius 3 is 2.95 bits per heavy atom. The summed E-state index contributed by atoms with van der Waals surface area (Å²) in [4.78, 5) is 29.6. The van der Waals surface area contributed by atoms with E-state index in [0.29, 0.717) is 24.9 Å². The smallest absolute Gasteiger partial charge is 0.285 e. The van der Waals surface area contributed by atoms with Gasteiger partial charge in [-0.2, -0.15) is 0 Å². The van der Waals surface area contributed by atoms with Gasteiger partial charge in [-0.3, -0.25) is 14.9 Å². The third-order valence-electron chi connectivity index (χ3n) is 3.10. The van der Waals surface area contributed by atoms with Gasteiger partial charge in [0.25, 0.3) is 11.6 Å². The molecule has 0 fully saturated rings. The van der Waals surface area contributed by atoms with Crippen LogP contribution in [-0.2, 0) is 6.42 Å². The van der Waals surface area contributed by atoms with E-state index in [-0.39, 0.29) is 11.3 Å². The van der Waals surface area contributed by atoms with Crippen molar-refractivity contribution in [3.8, 4) is 0 Å². The summed E-state index contributed by atoms with van der Waals surface area (Å²) in [6, 6.07) is 4.72. The minimum absolute atomic E-state index is 0.0954. The number of nitro groups is 1. The van der Waals surface area contributed by atoms with Crippen LogP contribution in [0.25, 0.3) is 0 Å². The molecule has 7 nitrogen and oxygen atoms in total. The third kappa shape index (κ3) is 3.65. The summed E-state index contributed by atoms with van der Waals surface area (Å²) in [5.74, 6) is 0.427. The maximum Gasteiger partial charge on any atom is 0.285 e. The van der Waals surface area contributed by atoms with Gasteiger partial charge in [-0.15, -0.1) is 0 Å². The average Bonchev–Trinajstić information content (AvgIpc) is 2.95. The molecule has 1 aromatic heterocycles. The Kier molecular flexibility index (Phi) is 4.65. The third-order valence-corrected chi connectivity index (χ3v) is 3.10. The van der Waals surface area contributed by atoms with E-state index in [2.05, 4.69) is 15.3 Å². The van der Waals surface area contributed by atoms with E-state index in [1.165, 1.54) is 6.07 Å². The van der Waals surface area contributed by atoms with Gasteiger partial charge >= 0.3 is 0 Å². The van der Waals surface area contributed by atoms with Crippen LogP contribution in [0.2, 0.25) is 0 Å². The highest BCUT2D eigenvalue weighted by molar-refractivity contribution is 5.98. The number of hydrogen-bond donors (Lipinski definition) is 2. The topological polar surface area (TPSA) is 101 Å². The molecule has 21 heavy (non-hydrogen) atoms. The molecule has 0 aliphatic heterocycles. The normalized spacial score (nSPS) is 10.3. The monoisotopic (exact) mass is 288 g/mol. The van der Waals surface area contributed by atoms with Crippen molar-refractivity contribution in [3.63, 3.8) is 0 Å². The maximum atomic E-state index is 12.0.